The van der Waals surface area contributed by atoms with E-state index in [0.717, 1.165) is 16.9 Å². The lowest BCUT2D eigenvalue weighted by molar-refractivity contribution is 0.410. The zero-order chi connectivity index (χ0) is 17.8. The molecule has 1 atom stereocenters. The van der Waals surface area contributed by atoms with Crippen molar-refractivity contribution in [3.05, 3.63) is 102 Å². The Balaban J connectivity index is 1.77. The van der Waals surface area contributed by atoms with Crippen LogP contribution in [-0.4, -0.2) is 12.1 Å². The van der Waals surface area contributed by atoms with Gasteiger partial charge in [-0.2, -0.15) is 0 Å². The van der Waals surface area contributed by atoms with E-state index >= 15 is 0 Å². The number of nitrogens with zero attached hydrogens (tertiary/aromatic N) is 1. The number of pyridine rings is 1. The molecular formula is C23H19NOS. The van der Waals surface area contributed by atoms with E-state index in [9.17, 15) is 0 Å². The first-order chi connectivity index (χ1) is 12.8. The first kappa shape index (κ1) is 16.7. The van der Waals surface area contributed by atoms with Crippen molar-refractivity contribution in [1.82, 2.24) is 4.98 Å². The van der Waals surface area contributed by atoms with Crippen LogP contribution in [0.3, 0.4) is 0 Å². The highest BCUT2D eigenvalue weighted by molar-refractivity contribution is 7.99. The van der Waals surface area contributed by atoms with Gasteiger partial charge in [-0.05, 0) is 40.6 Å². The van der Waals surface area contributed by atoms with E-state index in [2.05, 4.69) is 65.6 Å². The Morgan fingerprint density at radius 1 is 0.846 bits per heavy atom. The molecule has 0 aliphatic heterocycles. The predicted octanol–water partition coefficient (Wildman–Crippen LogP) is 6.13. The van der Waals surface area contributed by atoms with Crippen molar-refractivity contribution in [1.29, 1.82) is 0 Å². The molecule has 2 nitrogen and oxygen atoms in total. The van der Waals surface area contributed by atoms with Crippen LogP contribution in [0.5, 0.6) is 5.75 Å². The predicted molar refractivity (Wildman–Crippen MR) is 109 cm³/mol. The first-order valence-corrected chi connectivity index (χ1v) is 9.41. The molecule has 0 N–H and O–H groups in total. The lowest BCUT2D eigenvalue weighted by Gasteiger charge is -2.20. The summed E-state index contributed by atoms with van der Waals surface area (Å²) in [6, 6.07) is 27.4. The third kappa shape index (κ3) is 3.44. The lowest BCUT2D eigenvalue weighted by Crippen LogP contribution is -2.00. The van der Waals surface area contributed by atoms with E-state index in [0.29, 0.717) is 0 Å². The second-order valence-electron chi connectivity index (χ2n) is 6.04. The molecule has 0 bridgehead atoms. The molecule has 0 spiro atoms. The van der Waals surface area contributed by atoms with E-state index in [4.69, 9.17) is 4.74 Å². The Morgan fingerprint density at radius 3 is 2.46 bits per heavy atom. The molecule has 1 unspecified atom stereocenters. The van der Waals surface area contributed by atoms with Gasteiger partial charge in [-0.1, -0.05) is 54.6 Å². The second-order valence-corrected chi connectivity index (χ2v) is 7.21. The second kappa shape index (κ2) is 7.63. The quantitative estimate of drug-likeness (QED) is 0.401. The number of fused-ring (bicyclic) bond motifs is 1. The molecule has 3 heteroatoms. The number of aromatic nitrogens is 1. The highest BCUT2D eigenvalue weighted by Crippen LogP contribution is 2.44. The number of rotatable bonds is 5. The summed E-state index contributed by atoms with van der Waals surface area (Å²) in [4.78, 5) is 5.55. The average molecular weight is 357 g/mol. The van der Waals surface area contributed by atoms with Crippen LogP contribution in [0.25, 0.3) is 10.8 Å². The molecule has 0 aliphatic carbocycles. The van der Waals surface area contributed by atoms with Gasteiger partial charge in [0.1, 0.15) is 5.75 Å². The van der Waals surface area contributed by atoms with Gasteiger partial charge in [-0.3, -0.25) is 4.98 Å². The van der Waals surface area contributed by atoms with Crippen LogP contribution < -0.4 is 4.74 Å². The van der Waals surface area contributed by atoms with Crippen LogP contribution >= 0.6 is 11.8 Å². The lowest BCUT2D eigenvalue weighted by atomic mass is 10.1. The molecular weight excluding hydrogens is 338 g/mol. The topological polar surface area (TPSA) is 22.1 Å². The molecule has 26 heavy (non-hydrogen) atoms. The highest BCUT2D eigenvalue weighted by Gasteiger charge is 2.20. The number of hydrogen-bond donors (Lipinski definition) is 0. The summed E-state index contributed by atoms with van der Waals surface area (Å²) in [7, 11) is 1.72. The molecule has 1 aromatic heterocycles. The molecule has 0 radical (unpaired) electrons. The molecule has 1 heterocycles. The summed E-state index contributed by atoms with van der Waals surface area (Å²) in [6.07, 6.45) is 3.74. The first-order valence-electron chi connectivity index (χ1n) is 8.53. The van der Waals surface area contributed by atoms with Crippen molar-refractivity contribution in [2.24, 2.45) is 0 Å². The molecule has 0 saturated carbocycles. The van der Waals surface area contributed by atoms with Crippen LogP contribution in [0.4, 0.5) is 0 Å². The fraction of sp³-hybridized carbons (Fsp3) is 0.0870. The van der Waals surface area contributed by atoms with Gasteiger partial charge in [-0.25, -0.2) is 0 Å². The maximum Gasteiger partial charge on any atom is 0.123 e. The highest BCUT2D eigenvalue weighted by atomic mass is 32.2. The van der Waals surface area contributed by atoms with Crippen LogP contribution in [0.1, 0.15) is 16.4 Å². The Morgan fingerprint density at radius 2 is 1.65 bits per heavy atom. The van der Waals surface area contributed by atoms with Gasteiger partial charge in [0.2, 0.25) is 0 Å². The monoisotopic (exact) mass is 357 g/mol. The Kier molecular flexibility index (Phi) is 4.89. The minimum Gasteiger partial charge on any atom is -0.496 e. The fourth-order valence-electron chi connectivity index (χ4n) is 3.10. The van der Waals surface area contributed by atoms with E-state index < -0.39 is 0 Å². The van der Waals surface area contributed by atoms with Crippen molar-refractivity contribution in [2.75, 3.05) is 7.11 Å². The number of thioether (sulfide) groups is 1. The summed E-state index contributed by atoms with van der Waals surface area (Å²) >= 11 is 1.82. The summed E-state index contributed by atoms with van der Waals surface area (Å²) < 4.78 is 5.62. The Bertz CT molecular complexity index is 1020. The standard InChI is InChI=1S/C23H19NOS/c1-25-22-11-5-4-10-21(22)23(19-9-6-14-24-16-19)26-20-13-12-17-7-2-3-8-18(17)15-20/h2-16,23H,1H3. The van der Waals surface area contributed by atoms with Gasteiger partial charge in [0.25, 0.3) is 0 Å². The summed E-state index contributed by atoms with van der Waals surface area (Å²) in [5.74, 6) is 0.898. The number of benzene rings is 3. The van der Waals surface area contributed by atoms with Gasteiger partial charge >= 0.3 is 0 Å². The van der Waals surface area contributed by atoms with Crippen LogP contribution in [0.15, 0.2) is 96.2 Å². The molecule has 128 valence electrons. The van der Waals surface area contributed by atoms with Gasteiger partial charge < -0.3 is 4.74 Å². The maximum absolute atomic E-state index is 5.62. The Hall–Kier alpha value is -2.78. The van der Waals surface area contributed by atoms with Crippen molar-refractivity contribution in [2.45, 2.75) is 10.1 Å². The number of ether oxygens (including phenoxy) is 1. The fourth-order valence-corrected chi connectivity index (χ4v) is 4.31. The van der Waals surface area contributed by atoms with E-state index in [-0.39, 0.29) is 5.25 Å². The van der Waals surface area contributed by atoms with Gasteiger partial charge in [0.05, 0.1) is 12.4 Å². The van der Waals surface area contributed by atoms with Crippen LogP contribution in [0.2, 0.25) is 0 Å². The van der Waals surface area contributed by atoms with Crippen molar-refractivity contribution < 1.29 is 4.74 Å². The van der Waals surface area contributed by atoms with Crippen LogP contribution in [0, 0.1) is 0 Å². The van der Waals surface area contributed by atoms with Gasteiger partial charge in [0.15, 0.2) is 0 Å². The number of para-hydroxylation sites is 1. The minimum atomic E-state index is 0.112. The maximum atomic E-state index is 5.62. The molecule has 0 fully saturated rings. The van der Waals surface area contributed by atoms with Crippen LogP contribution in [-0.2, 0) is 0 Å². The van der Waals surface area contributed by atoms with E-state index in [1.165, 1.54) is 15.7 Å². The van der Waals surface area contributed by atoms with E-state index in [1.54, 1.807) is 7.11 Å². The molecule has 3 aromatic carbocycles. The smallest absolute Gasteiger partial charge is 0.123 e. The Labute approximate surface area is 157 Å². The zero-order valence-corrected chi connectivity index (χ0v) is 15.3. The number of hydrogen-bond acceptors (Lipinski definition) is 3. The SMILES string of the molecule is COc1ccccc1C(Sc1ccc2ccccc2c1)c1cccnc1. The third-order valence-electron chi connectivity index (χ3n) is 4.38. The molecule has 0 saturated heterocycles. The summed E-state index contributed by atoms with van der Waals surface area (Å²) in [5, 5.41) is 2.62. The third-order valence-corrected chi connectivity index (χ3v) is 5.67. The van der Waals surface area contributed by atoms with Crippen molar-refractivity contribution in [3.63, 3.8) is 0 Å². The van der Waals surface area contributed by atoms with Crippen molar-refractivity contribution in [3.8, 4) is 5.75 Å². The molecule has 4 aromatic rings. The largest absolute Gasteiger partial charge is 0.496 e. The van der Waals surface area contributed by atoms with Gasteiger partial charge in [0, 0.05) is 22.9 Å². The minimum absolute atomic E-state index is 0.112. The van der Waals surface area contributed by atoms with Gasteiger partial charge in [-0.15, -0.1) is 11.8 Å². The normalized spacial score (nSPS) is 12.0. The van der Waals surface area contributed by atoms with E-state index in [1.807, 2.05) is 42.4 Å². The molecule has 0 aliphatic rings. The zero-order valence-electron chi connectivity index (χ0n) is 14.5. The molecule has 4 rings (SSSR count). The van der Waals surface area contributed by atoms with Crippen molar-refractivity contribution >= 4 is 22.5 Å². The summed E-state index contributed by atoms with van der Waals surface area (Å²) in [6.45, 7) is 0. The molecule has 0 amide bonds. The average Bonchev–Trinajstić information content (AvgIpc) is 2.72. The number of methoxy groups -OCH3 is 1. The summed E-state index contributed by atoms with van der Waals surface area (Å²) in [5.41, 5.74) is 2.32.